The van der Waals surface area contributed by atoms with Gasteiger partial charge in [-0.1, -0.05) is 19.1 Å². The van der Waals surface area contributed by atoms with Crippen LogP contribution < -0.4 is 14.8 Å². The minimum Gasteiger partial charge on any atom is -0.493 e. The summed E-state index contributed by atoms with van der Waals surface area (Å²) in [7, 11) is 1.69. The zero-order valence-corrected chi connectivity index (χ0v) is 17.6. The van der Waals surface area contributed by atoms with Gasteiger partial charge in [0.25, 0.3) is 0 Å². The molecular formula is C22H26BrNO3. The van der Waals surface area contributed by atoms with E-state index in [1.807, 2.05) is 6.92 Å². The molecule has 0 saturated carbocycles. The van der Waals surface area contributed by atoms with Gasteiger partial charge in [0.15, 0.2) is 11.5 Å². The number of hydrogen-bond acceptors (Lipinski definition) is 4. The van der Waals surface area contributed by atoms with Crippen LogP contribution in [0.4, 0.5) is 5.69 Å². The van der Waals surface area contributed by atoms with Gasteiger partial charge in [-0.15, -0.1) is 0 Å². The molecule has 0 aliphatic carbocycles. The van der Waals surface area contributed by atoms with E-state index in [0.29, 0.717) is 12.5 Å². The molecule has 1 saturated heterocycles. The van der Waals surface area contributed by atoms with Crippen LogP contribution in [0.3, 0.4) is 0 Å². The average molecular weight is 432 g/mol. The van der Waals surface area contributed by atoms with Crippen LogP contribution in [0.2, 0.25) is 0 Å². The van der Waals surface area contributed by atoms with Crippen molar-refractivity contribution in [3.8, 4) is 11.5 Å². The Hall–Kier alpha value is -1.72. The third-order valence-corrected chi connectivity index (χ3v) is 6.20. The van der Waals surface area contributed by atoms with E-state index in [1.54, 1.807) is 7.11 Å². The molecule has 3 atom stereocenters. The van der Waals surface area contributed by atoms with Crippen LogP contribution in [0.1, 0.15) is 49.1 Å². The van der Waals surface area contributed by atoms with Crippen molar-refractivity contribution in [3.05, 3.63) is 51.5 Å². The summed E-state index contributed by atoms with van der Waals surface area (Å²) in [6.07, 6.45) is 2.23. The molecule has 0 amide bonds. The highest BCUT2D eigenvalue weighted by atomic mass is 79.9. The zero-order valence-electron chi connectivity index (χ0n) is 16.0. The fourth-order valence-corrected chi connectivity index (χ4v) is 4.85. The predicted octanol–water partition coefficient (Wildman–Crippen LogP) is 5.66. The van der Waals surface area contributed by atoms with Crippen molar-refractivity contribution < 1.29 is 14.2 Å². The summed E-state index contributed by atoms with van der Waals surface area (Å²) >= 11 is 3.67. The quantitative estimate of drug-likeness (QED) is 0.662. The molecule has 0 aromatic heterocycles. The van der Waals surface area contributed by atoms with E-state index in [4.69, 9.17) is 14.2 Å². The molecule has 3 unspecified atom stereocenters. The lowest BCUT2D eigenvalue weighted by Crippen LogP contribution is -2.29. The molecule has 144 valence electrons. The van der Waals surface area contributed by atoms with Gasteiger partial charge in [-0.05, 0) is 65.0 Å². The summed E-state index contributed by atoms with van der Waals surface area (Å²) in [6.45, 7) is 5.57. The van der Waals surface area contributed by atoms with Crippen molar-refractivity contribution in [1.82, 2.24) is 0 Å². The molecular weight excluding hydrogens is 406 g/mol. The Morgan fingerprint density at radius 1 is 1.22 bits per heavy atom. The highest BCUT2D eigenvalue weighted by molar-refractivity contribution is 9.10. The number of rotatable bonds is 5. The maximum absolute atomic E-state index is 6.18. The lowest BCUT2D eigenvalue weighted by molar-refractivity contribution is 0.0828. The molecule has 0 radical (unpaired) electrons. The molecule has 2 aromatic carbocycles. The summed E-state index contributed by atoms with van der Waals surface area (Å²) in [5.74, 6) is 1.91. The second kappa shape index (κ2) is 7.72. The number of aryl methyl sites for hydroxylation is 1. The summed E-state index contributed by atoms with van der Waals surface area (Å²) in [5, 5.41) is 3.77. The van der Waals surface area contributed by atoms with Crippen molar-refractivity contribution >= 4 is 21.6 Å². The van der Waals surface area contributed by atoms with Crippen LogP contribution in [0.25, 0.3) is 0 Å². The summed E-state index contributed by atoms with van der Waals surface area (Å²) in [6, 6.07) is 11.1. The maximum Gasteiger partial charge on any atom is 0.175 e. The number of ether oxygens (including phenoxy) is 3. The molecule has 2 heterocycles. The first kappa shape index (κ1) is 18.6. The van der Waals surface area contributed by atoms with E-state index in [2.05, 4.69) is 58.5 Å². The van der Waals surface area contributed by atoms with Crippen molar-refractivity contribution in [3.63, 3.8) is 0 Å². The van der Waals surface area contributed by atoms with Crippen molar-refractivity contribution in [2.24, 2.45) is 5.92 Å². The summed E-state index contributed by atoms with van der Waals surface area (Å²) in [5.41, 5.74) is 5.01. The van der Waals surface area contributed by atoms with E-state index in [9.17, 15) is 0 Å². The zero-order chi connectivity index (χ0) is 19.0. The predicted molar refractivity (Wildman–Crippen MR) is 111 cm³/mol. The van der Waals surface area contributed by atoms with Crippen LogP contribution in [0, 0.1) is 5.92 Å². The summed E-state index contributed by atoms with van der Waals surface area (Å²) in [4.78, 5) is 0. The molecule has 0 spiro atoms. The minimum atomic E-state index is 0.147. The number of nitrogens with one attached hydrogen (secondary N) is 1. The van der Waals surface area contributed by atoms with Crippen LogP contribution in [0.5, 0.6) is 11.5 Å². The van der Waals surface area contributed by atoms with Gasteiger partial charge in [-0.25, -0.2) is 0 Å². The molecule has 27 heavy (non-hydrogen) atoms. The smallest absolute Gasteiger partial charge is 0.175 e. The Bertz CT molecular complexity index is 839. The van der Waals surface area contributed by atoms with E-state index in [0.717, 1.165) is 35.4 Å². The van der Waals surface area contributed by atoms with Crippen molar-refractivity contribution in [1.29, 1.82) is 0 Å². The molecule has 1 N–H and O–H groups in total. The van der Waals surface area contributed by atoms with Gasteiger partial charge in [-0.2, -0.15) is 0 Å². The number of halogens is 1. The van der Waals surface area contributed by atoms with Gasteiger partial charge in [0.1, 0.15) is 0 Å². The fourth-order valence-electron chi connectivity index (χ4n) is 4.28. The van der Waals surface area contributed by atoms with Crippen molar-refractivity contribution in [2.45, 2.75) is 38.8 Å². The van der Waals surface area contributed by atoms with Gasteiger partial charge >= 0.3 is 0 Å². The number of fused-ring (bicyclic) bond motifs is 3. The van der Waals surface area contributed by atoms with E-state index >= 15 is 0 Å². The molecule has 4 rings (SSSR count). The molecule has 4 nitrogen and oxygen atoms in total. The maximum atomic E-state index is 6.18. The van der Waals surface area contributed by atoms with E-state index in [1.165, 1.54) is 22.4 Å². The topological polar surface area (TPSA) is 39.7 Å². The SMILES string of the molecule is CCOc1c(Br)cc(C2Nc3ccc(CC)cc3C3OCCC23)cc1OC. The molecule has 2 aromatic rings. The van der Waals surface area contributed by atoms with Crippen LogP contribution in [0.15, 0.2) is 34.8 Å². The molecule has 2 aliphatic heterocycles. The Kier molecular flexibility index (Phi) is 5.33. The lowest BCUT2D eigenvalue weighted by atomic mass is 9.80. The second-order valence-corrected chi connectivity index (χ2v) is 7.96. The second-order valence-electron chi connectivity index (χ2n) is 7.11. The van der Waals surface area contributed by atoms with Gasteiger partial charge in [0.2, 0.25) is 0 Å². The minimum absolute atomic E-state index is 0.147. The molecule has 0 bridgehead atoms. The molecule has 1 fully saturated rings. The van der Waals surface area contributed by atoms with E-state index in [-0.39, 0.29) is 12.1 Å². The van der Waals surface area contributed by atoms with Crippen LogP contribution in [-0.4, -0.2) is 20.3 Å². The van der Waals surface area contributed by atoms with Gasteiger partial charge in [0, 0.05) is 23.8 Å². The normalized spacial score (nSPS) is 23.3. The fraction of sp³-hybridized carbons (Fsp3) is 0.455. The Labute approximate surface area is 169 Å². The Morgan fingerprint density at radius 3 is 2.81 bits per heavy atom. The highest BCUT2D eigenvalue weighted by Gasteiger charge is 2.41. The first-order valence-electron chi connectivity index (χ1n) is 9.67. The van der Waals surface area contributed by atoms with Gasteiger partial charge < -0.3 is 19.5 Å². The highest BCUT2D eigenvalue weighted by Crippen LogP contribution is 2.51. The van der Waals surface area contributed by atoms with Gasteiger partial charge in [-0.3, -0.25) is 0 Å². The van der Waals surface area contributed by atoms with Crippen LogP contribution in [-0.2, 0) is 11.2 Å². The monoisotopic (exact) mass is 431 g/mol. The molecule has 2 aliphatic rings. The number of anilines is 1. The van der Waals surface area contributed by atoms with Gasteiger partial charge in [0.05, 0.1) is 30.3 Å². The number of hydrogen-bond donors (Lipinski definition) is 1. The number of benzene rings is 2. The van der Waals surface area contributed by atoms with E-state index < -0.39 is 0 Å². The van der Waals surface area contributed by atoms with Crippen molar-refractivity contribution in [2.75, 3.05) is 25.6 Å². The number of methoxy groups -OCH3 is 1. The first-order chi connectivity index (χ1) is 13.2. The molecule has 5 heteroatoms. The largest absolute Gasteiger partial charge is 0.493 e. The van der Waals surface area contributed by atoms with Crippen LogP contribution >= 0.6 is 15.9 Å². The summed E-state index contributed by atoms with van der Waals surface area (Å²) < 4.78 is 18.5. The Morgan fingerprint density at radius 2 is 2.07 bits per heavy atom. The average Bonchev–Trinajstić information content (AvgIpc) is 3.18. The third-order valence-electron chi connectivity index (χ3n) is 5.61. The standard InChI is InChI=1S/C22H26BrNO3/c1-4-13-6-7-18-16(10-13)21-15(8-9-27-21)20(24-18)14-11-17(23)22(26-5-2)19(12-14)25-3/h6-7,10-12,15,20-21,24H,4-5,8-9H2,1-3H3. The lowest BCUT2D eigenvalue weighted by Gasteiger charge is -2.37. The third kappa shape index (κ3) is 3.32. The first-order valence-corrected chi connectivity index (χ1v) is 10.5. The Balaban J connectivity index is 1.75.